The van der Waals surface area contributed by atoms with Gasteiger partial charge in [0.1, 0.15) is 16.5 Å². The van der Waals surface area contributed by atoms with Crippen LogP contribution in [0.5, 0.6) is 0 Å². The van der Waals surface area contributed by atoms with Crippen LogP contribution < -0.4 is 10.6 Å². The lowest BCUT2D eigenvalue weighted by molar-refractivity contribution is 0.0924. The highest BCUT2D eigenvalue weighted by atomic mass is 32.1. The number of aromatic nitrogens is 3. The third-order valence-corrected chi connectivity index (χ3v) is 4.99. The minimum Gasteiger partial charge on any atom is -0.345 e. The molecule has 2 amide bonds. The minimum atomic E-state index is -0.473. The number of H-pyrrole nitrogens is 1. The normalized spacial score (nSPS) is 12.0. The first kappa shape index (κ1) is 19.7. The fraction of sp³-hybridized carbons (Fsp3) is 0.263. The van der Waals surface area contributed by atoms with Gasteiger partial charge in [0.15, 0.2) is 0 Å². The van der Waals surface area contributed by atoms with Gasteiger partial charge in [0.25, 0.3) is 11.8 Å². The van der Waals surface area contributed by atoms with Crippen LogP contribution in [0, 0.1) is 11.7 Å². The van der Waals surface area contributed by atoms with E-state index in [2.05, 4.69) is 25.8 Å². The maximum atomic E-state index is 13.4. The highest BCUT2D eigenvalue weighted by Gasteiger charge is 2.23. The fourth-order valence-corrected chi connectivity index (χ4v) is 3.57. The van der Waals surface area contributed by atoms with E-state index in [1.807, 2.05) is 13.8 Å². The van der Waals surface area contributed by atoms with Gasteiger partial charge in [-0.05, 0) is 30.2 Å². The van der Waals surface area contributed by atoms with Crippen LogP contribution in [0.1, 0.15) is 51.4 Å². The smallest absolute Gasteiger partial charge is 0.271 e. The van der Waals surface area contributed by atoms with Gasteiger partial charge in [-0.15, -0.1) is 11.3 Å². The number of thiazole rings is 1. The van der Waals surface area contributed by atoms with Gasteiger partial charge in [0.2, 0.25) is 0 Å². The molecule has 0 spiro atoms. The second kappa shape index (κ2) is 8.75. The molecular weight excluding hydrogens is 381 g/mol. The molecule has 28 heavy (non-hydrogen) atoms. The molecule has 0 aliphatic carbocycles. The van der Waals surface area contributed by atoms with Gasteiger partial charge < -0.3 is 10.6 Å². The average molecular weight is 401 g/mol. The van der Waals surface area contributed by atoms with Crippen molar-refractivity contribution in [1.29, 1.82) is 0 Å². The van der Waals surface area contributed by atoms with Crippen LogP contribution in [0.2, 0.25) is 0 Å². The first-order valence-electron chi connectivity index (χ1n) is 8.72. The Balaban J connectivity index is 1.69. The number of carbonyl (C=O) groups excluding carboxylic acids is 2. The summed E-state index contributed by atoms with van der Waals surface area (Å²) >= 11 is 1.30. The number of amides is 2. The van der Waals surface area contributed by atoms with Crippen molar-refractivity contribution in [1.82, 2.24) is 25.8 Å². The summed E-state index contributed by atoms with van der Waals surface area (Å²) in [4.78, 5) is 29.2. The Kier molecular flexibility index (Phi) is 6.15. The SMILES string of the molecule is CC(C)[C@H](NC(=O)c1cccc(F)c1)c1nc(C(=O)NCc2ccn[nH]2)cs1. The molecule has 3 aromatic rings. The van der Waals surface area contributed by atoms with E-state index in [9.17, 15) is 14.0 Å². The summed E-state index contributed by atoms with van der Waals surface area (Å²) in [5.74, 6) is -1.14. The fourth-order valence-electron chi connectivity index (χ4n) is 2.55. The van der Waals surface area contributed by atoms with Crippen molar-refractivity contribution >= 4 is 23.2 Å². The van der Waals surface area contributed by atoms with Crippen LogP contribution in [0.15, 0.2) is 41.9 Å². The van der Waals surface area contributed by atoms with Crippen molar-refractivity contribution in [2.75, 3.05) is 0 Å². The zero-order valence-corrected chi connectivity index (χ0v) is 16.2. The highest BCUT2D eigenvalue weighted by Crippen LogP contribution is 2.25. The van der Waals surface area contributed by atoms with Gasteiger partial charge >= 0.3 is 0 Å². The summed E-state index contributed by atoms with van der Waals surface area (Å²) in [6.07, 6.45) is 1.61. The Morgan fingerprint density at radius 1 is 1.25 bits per heavy atom. The van der Waals surface area contributed by atoms with Crippen LogP contribution in [0.3, 0.4) is 0 Å². The monoisotopic (exact) mass is 401 g/mol. The number of nitrogens with one attached hydrogen (secondary N) is 3. The molecule has 3 rings (SSSR count). The van der Waals surface area contributed by atoms with Crippen molar-refractivity contribution in [3.8, 4) is 0 Å². The zero-order chi connectivity index (χ0) is 20.1. The number of benzene rings is 1. The molecule has 0 radical (unpaired) electrons. The third-order valence-electron chi connectivity index (χ3n) is 4.06. The topological polar surface area (TPSA) is 99.8 Å². The van der Waals surface area contributed by atoms with E-state index in [0.29, 0.717) is 11.6 Å². The molecule has 146 valence electrons. The summed E-state index contributed by atoms with van der Waals surface area (Å²) in [5.41, 5.74) is 1.30. The number of halogens is 1. The lowest BCUT2D eigenvalue weighted by Crippen LogP contribution is -2.32. The minimum absolute atomic E-state index is 0.0320. The van der Waals surface area contributed by atoms with E-state index in [1.165, 1.54) is 29.5 Å². The quantitative estimate of drug-likeness (QED) is 0.566. The molecular formula is C19H20FN5O2S. The van der Waals surface area contributed by atoms with Gasteiger partial charge in [-0.25, -0.2) is 9.37 Å². The van der Waals surface area contributed by atoms with Gasteiger partial charge in [-0.1, -0.05) is 19.9 Å². The van der Waals surface area contributed by atoms with Crippen LogP contribution in [-0.4, -0.2) is 27.0 Å². The molecule has 2 aromatic heterocycles. The summed E-state index contributed by atoms with van der Waals surface area (Å²) in [5, 5.41) is 14.5. The van der Waals surface area contributed by atoms with E-state index in [4.69, 9.17) is 0 Å². The second-order valence-corrected chi connectivity index (χ2v) is 7.43. The van der Waals surface area contributed by atoms with Crippen molar-refractivity contribution in [3.05, 3.63) is 69.7 Å². The highest BCUT2D eigenvalue weighted by molar-refractivity contribution is 7.09. The van der Waals surface area contributed by atoms with E-state index >= 15 is 0 Å². The lowest BCUT2D eigenvalue weighted by atomic mass is 10.0. The maximum Gasteiger partial charge on any atom is 0.271 e. The van der Waals surface area contributed by atoms with Crippen molar-refractivity contribution in [2.24, 2.45) is 5.92 Å². The summed E-state index contributed by atoms with van der Waals surface area (Å²) in [6, 6.07) is 6.87. The van der Waals surface area contributed by atoms with Crippen molar-refractivity contribution in [2.45, 2.75) is 26.4 Å². The van der Waals surface area contributed by atoms with Gasteiger partial charge in [-0.3, -0.25) is 14.7 Å². The van der Waals surface area contributed by atoms with Crippen LogP contribution in [-0.2, 0) is 6.54 Å². The molecule has 0 aliphatic heterocycles. The maximum absolute atomic E-state index is 13.4. The van der Waals surface area contributed by atoms with Crippen LogP contribution in [0.25, 0.3) is 0 Å². The molecule has 0 aliphatic rings. The Morgan fingerprint density at radius 2 is 2.07 bits per heavy atom. The predicted octanol–water partition coefficient (Wildman–Crippen LogP) is 3.06. The number of hydrogen-bond acceptors (Lipinski definition) is 5. The van der Waals surface area contributed by atoms with Gasteiger partial charge in [-0.2, -0.15) is 5.10 Å². The lowest BCUT2D eigenvalue weighted by Gasteiger charge is -2.20. The Hall–Kier alpha value is -3.07. The Bertz CT molecular complexity index is 955. The molecule has 3 N–H and O–H groups in total. The number of carbonyl (C=O) groups is 2. The number of hydrogen-bond donors (Lipinski definition) is 3. The summed E-state index contributed by atoms with van der Waals surface area (Å²) in [6.45, 7) is 4.20. The number of aromatic amines is 1. The van der Waals surface area contributed by atoms with Crippen molar-refractivity contribution in [3.63, 3.8) is 0 Å². The number of nitrogens with zero attached hydrogens (tertiary/aromatic N) is 2. The molecule has 0 unspecified atom stereocenters. The molecule has 2 heterocycles. The first-order chi connectivity index (χ1) is 13.4. The summed E-state index contributed by atoms with van der Waals surface area (Å²) < 4.78 is 13.4. The van der Waals surface area contributed by atoms with E-state index in [0.717, 1.165) is 5.69 Å². The zero-order valence-electron chi connectivity index (χ0n) is 15.4. The van der Waals surface area contributed by atoms with Crippen LogP contribution in [0.4, 0.5) is 4.39 Å². The van der Waals surface area contributed by atoms with E-state index in [1.54, 1.807) is 23.7 Å². The second-order valence-electron chi connectivity index (χ2n) is 6.54. The van der Waals surface area contributed by atoms with E-state index in [-0.39, 0.29) is 23.1 Å². The largest absolute Gasteiger partial charge is 0.345 e. The molecule has 0 saturated carbocycles. The Labute approximate surface area is 165 Å². The average Bonchev–Trinajstić information content (AvgIpc) is 3.35. The van der Waals surface area contributed by atoms with Crippen molar-refractivity contribution < 1.29 is 14.0 Å². The van der Waals surface area contributed by atoms with Crippen LogP contribution >= 0.6 is 11.3 Å². The predicted molar refractivity (Wildman–Crippen MR) is 103 cm³/mol. The molecule has 0 bridgehead atoms. The van der Waals surface area contributed by atoms with E-state index < -0.39 is 17.8 Å². The molecule has 0 saturated heterocycles. The molecule has 1 atom stereocenters. The first-order valence-corrected chi connectivity index (χ1v) is 9.60. The molecule has 7 nitrogen and oxygen atoms in total. The third kappa shape index (κ3) is 4.80. The standard InChI is InChI=1S/C19H20FN5O2S/c1-11(2)16(24-17(26)12-4-3-5-13(20)8-12)19-23-15(10-28-19)18(27)21-9-14-6-7-22-25-14/h3-8,10-11,16H,9H2,1-2H3,(H,21,27)(H,22,25)(H,24,26)/t16-/m0/s1. The summed E-state index contributed by atoms with van der Waals surface area (Å²) in [7, 11) is 0. The Morgan fingerprint density at radius 3 is 2.75 bits per heavy atom. The molecule has 9 heteroatoms. The molecule has 0 fully saturated rings. The van der Waals surface area contributed by atoms with Gasteiger partial charge in [0, 0.05) is 17.1 Å². The molecule has 1 aromatic carbocycles. The number of rotatable bonds is 7. The van der Waals surface area contributed by atoms with Gasteiger partial charge in [0.05, 0.1) is 18.3 Å².